The van der Waals surface area contributed by atoms with Crippen molar-refractivity contribution in [2.24, 2.45) is 0 Å². The second kappa shape index (κ2) is 5.86. The SMILES string of the molecule is C=CCCOc1cccc(C(=O)OC)c1. The van der Waals surface area contributed by atoms with Gasteiger partial charge in [-0.2, -0.15) is 0 Å². The molecular weight excluding hydrogens is 192 g/mol. The van der Waals surface area contributed by atoms with E-state index in [1.807, 2.05) is 0 Å². The summed E-state index contributed by atoms with van der Waals surface area (Å²) in [4.78, 5) is 11.2. The van der Waals surface area contributed by atoms with E-state index < -0.39 is 0 Å². The van der Waals surface area contributed by atoms with Gasteiger partial charge in [-0.15, -0.1) is 6.58 Å². The third-order valence-electron chi connectivity index (χ3n) is 1.85. The predicted octanol–water partition coefficient (Wildman–Crippen LogP) is 2.43. The zero-order chi connectivity index (χ0) is 11.1. The summed E-state index contributed by atoms with van der Waals surface area (Å²) in [6.45, 7) is 4.16. The van der Waals surface area contributed by atoms with Gasteiger partial charge in [0.25, 0.3) is 0 Å². The Morgan fingerprint density at radius 3 is 3.00 bits per heavy atom. The Balaban J connectivity index is 2.65. The molecule has 0 bridgehead atoms. The van der Waals surface area contributed by atoms with E-state index in [4.69, 9.17) is 4.74 Å². The van der Waals surface area contributed by atoms with Crippen LogP contribution in [0, 0.1) is 0 Å². The maximum atomic E-state index is 11.2. The van der Waals surface area contributed by atoms with Crippen LogP contribution in [0.2, 0.25) is 0 Å². The molecule has 1 aromatic carbocycles. The quantitative estimate of drug-likeness (QED) is 0.421. The summed E-state index contributed by atoms with van der Waals surface area (Å²) in [7, 11) is 1.35. The van der Waals surface area contributed by atoms with Crippen molar-refractivity contribution in [1.29, 1.82) is 0 Å². The van der Waals surface area contributed by atoms with Crippen LogP contribution in [0.4, 0.5) is 0 Å². The topological polar surface area (TPSA) is 35.5 Å². The highest BCUT2D eigenvalue weighted by Gasteiger charge is 2.05. The van der Waals surface area contributed by atoms with E-state index in [-0.39, 0.29) is 5.97 Å². The fourth-order valence-corrected chi connectivity index (χ4v) is 1.09. The Kier molecular flexibility index (Phi) is 4.41. The molecule has 1 rings (SSSR count). The molecule has 15 heavy (non-hydrogen) atoms. The highest BCUT2D eigenvalue weighted by atomic mass is 16.5. The lowest BCUT2D eigenvalue weighted by Gasteiger charge is -2.05. The number of benzene rings is 1. The largest absolute Gasteiger partial charge is 0.493 e. The number of hydrogen-bond acceptors (Lipinski definition) is 3. The average molecular weight is 206 g/mol. The molecule has 3 heteroatoms. The van der Waals surface area contributed by atoms with Crippen LogP contribution in [-0.2, 0) is 4.74 Å². The number of esters is 1. The fraction of sp³-hybridized carbons (Fsp3) is 0.250. The summed E-state index contributed by atoms with van der Waals surface area (Å²) >= 11 is 0. The molecular formula is C12H14O3. The van der Waals surface area contributed by atoms with Crippen molar-refractivity contribution < 1.29 is 14.3 Å². The normalized spacial score (nSPS) is 9.40. The van der Waals surface area contributed by atoms with Crippen LogP contribution < -0.4 is 4.74 Å². The Bertz CT molecular complexity index is 344. The summed E-state index contributed by atoms with van der Waals surface area (Å²) in [6.07, 6.45) is 2.56. The van der Waals surface area contributed by atoms with Gasteiger partial charge in [-0.3, -0.25) is 0 Å². The number of methoxy groups -OCH3 is 1. The second-order valence-electron chi connectivity index (χ2n) is 2.95. The van der Waals surface area contributed by atoms with Crippen LogP contribution in [0.15, 0.2) is 36.9 Å². The maximum absolute atomic E-state index is 11.2. The first kappa shape index (κ1) is 11.3. The van der Waals surface area contributed by atoms with Crippen LogP contribution in [0.3, 0.4) is 0 Å². The third kappa shape index (κ3) is 3.46. The molecule has 80 valence electrons. The summed E-state index contributed by atoms with van der Waals surface area (Å²) in [5.74, 6) is 0.309. The third-order valence-corrected chi connectivity index (χ3v) is 1.85. The van der Waals surface area contributed by atoms with Gasteiger partial charge in [-0.1, -0.05) is 12.1 Å². The van der Waals surface area contributed by atoms with Crippen LogP contribution in [0.25, 0.3) is 0 Å². The Morgan fingerprint density at radius 2 is 2.33 bits per heavy atom. The van der Waals surface area contributed by atoms with Gasteiger partial charge in [-0.25, -0.2) is 4.79 Å². The van der Waals surface area contributed by atoms with E-state index >= 15 is 0 Å². The lowest BCUT2D eigenvalue weighted by atomic mass is 10.2. The lowest BCUT2D eigenvalue weighted by Crippen LogP contribution is -2.02. The first-order valence-corrected chi connectivity index (χ1v) is 4.70. The number of ether oxygens (including phenoxy) is 2. The summed E-state index contributed by atoms with van der Waals surface area (Å²) in [5.41, 5.74) is 0.494. The molecule has 0 fully saturated rings. The molecule has 0 unspecified atom stereocenters. The van der Waals surface area contributed by atoms with Crippen molar-refractivity contribution in [3.8, 4) is 5.75 Å². The van der Waals surface area contributed by atoms with Gasteiger partial charge >= 0.3 is 5.97 Å². The minimum atomic E-state index is -0.357. The van der Waals surface area contributed by atoms with Crippen molar-refractivity contribution in [2.75, 3.05) is 13.7 Å². The molecule has 0 N–H and O–H groups in total. The molecule has 0 atom stereocenters. The van der Waals surface area contributed by atoms with Crippen LogP contribution >= 0.6 is 0 Å². The van der Waals surface area contributed by atoms with E-state index in [1.54, 1.807) is 30.3 Å². The molecule has 3 nitrogen and oxygen atoms in total. The van der Waals surface area contributed by atoms with E-state index in [0.29, 0.717) is 17.9 Å². The highest BCUT2D eigenvalue weighted by Crippen LogP contribution is 2.14. The molecule has 0 radical (unpaired) electrons. The van der Waals surface area contributed by atoms with Gasteiger partial charge in [0.2, 0.25) is 0 Å². The maximum Gasteiger partial charge on any atom is 0.337 e. The zero-order valence-corrected chi connectivity index (χ0v) is 8.73. The van der Waals surface area contributed by atoms with Crippen LogP contribution in [0.1, 0.15) is 16.8 Å². The van der Waals surface area contributed by atoms with Crippen LogP contribution in [0.5, 0.6) is 5.75 Å². The second-order valence-corrected chi connectivity index (χ2v) is 2.95. The van der Waals surface area contributed by atoms with Gasteiger partial charge < -0.3 is 9.47 Å². The summed E-state index contributed by atoms with van der Waals surface area (Å²) in [6, 6.07) is 6.91. The lowest BCUT2D eigenvalue weighted by molar-refractivity contribution is 0.0600. The van der Waals surface area contributed by atoms with Gasteiger partial charge in [0.15, 0.2) is 0 Å². The van der Waals surface area contributed by atoms with E-state index in [9.17, 15) is 4.79 Å². The molecule has 0 amide bonds. The summed E-state index contributed by atoms with van der Waals surface area (Å²) in [5, 5.41) is 0. The van der Waals surface area contributed by atoms with Gasteiger partial charge in [0, 0.05) is 0 Å². The molecule has 0 aromatic heterocycles. The van der Waals surface area contributed by atoms with Crippen molar-refractivity contribution >= 4 is 5.97 Å². The minimum Gasteiger partial charge on any atom is -0.493 e. The Labute approximate surface area is 89.3 Å². The number of carbonyl (C=O) groups is 1. The van der Waals surface area contributed by atoms with Gasteiger partial charge in [0.1, 0.15) is 5.75 Å². The predicted molar refractivity (Wildman–Crippen MR) is 58.1 cm³/mol. The molecule has 0 aliphatic carbocycles. The monoisotopic (exact) mass is 206 g/mol. The highest BCUT2D eigenvalue weighted by molar-refractivity contribution is 5.89. The molecule has 1 aromatic rings. The van der Waals surface area contributed by atoms with Crippen molar-refractivity contribution in [2.45, 2.75) is 6.42 Å². The Hall–Kier alpha value is -1.77. The molecule has 0 spiro atoms. The fourth-order valence-electron chi connectivity index (χ4n) is 1.09. The van der Waals surface area contributed by atoms with Crippen molar-refractivity contribution in [3.63, 3.8) is 0 Å². The first-order chi connectivity index (χ1) is 7.27. The first-order valence-electron chi connectivity index (χ1n) is 4.70. The zero-order valence-electron chi connectivity index (χ0n) is 8.73. The molecule has 0 saturated heterocycles. The number of hydrogen-bond donors (Lipinski definition) is 0. The standard InChI is InChI=1S/C12H14O3/c1-3-4-8-15-11-7-5-6-10(9-11)12(13)14-2/h3,5-7,9H,1,4,8H2,2H3. The van der Waals surface area contributed by atoms with Crippen molar-refractivity contribution in [1.82, 2.24) is 0 Å². The minimum absolute atomic E-state index is 0.357. The van der Waals surface area contributed by atoms with E-state index in [0.717, 1.165) is 6.42 Å². The van der Waals surface area contributed by atoms with Gasteiger partial charge in [-0.05, 0) is 24.6 Å². The number of rotatable bonds is 5. The van der Waals surface area contributed by atoms with Crippen LogP contribution in [-0.4, -0.2) is 19.7 Å². The molecule has 0 heterocycles. The number of carbonyl (C=O) groups excluding carboxylic acids is 1. The summed E-state index contributed by atoms with van der Waals surface area (Å²) < 4.78 is 10.0. The molecule has 0 aliphatic rings. The van der Waals surface area contributed by atoms with Gasteiger partial charge in [0.05, 0.1) is 19.3 Å². The Morgan fingerprint density at radius 1 is 1.53 bits per heavy atom. The molecule has 0 saturated carbocycles. The van der Waals surface area contributed by atoms with E-state index in [1.165, 1.54) is 7.11 Å². The average Bonchev–Trinajstić information content (AvgIpc) is 2.29. The molecule has 0 aliphatic heterocycles. The van der Waals surface area contributed by atoms with Crippen molar-refractivity contribution in [3.05, 3.63) is 42.5 Å². The van der Waals surface area contributed by atoms with E-state index in [2.05, 4.69) is 11.3 Å². The smallest absolute Gasteiger partial charge is 0.337 e.